The molecule has 0 saturated heterocycles. The lowest BCUT2D eigenvalue weighted by Gasteiger charge is -2.08. The lowest BCUT2D eigenvalue weighted by Crippen LogP contribution is -2.08. The van der Waals surface area contributed by atoms with E-state index in [1.54, 1.807) is 0 Å². The number of hydrogen-bond acceptors (Lipinski definition) is 2. The van der Waals surface area contributed by atoms with E-state index in [0.29, 0.717) is 0 Å². The van der Waals surface area contributed by atoms with Crippen molar-refractivity contribution in [2.75, 3.05) is 7.05 Å². The van der Waals surface area contributed by atoms with E-state index < -0.39 is 0 Å². The normalized spacial score (nSPS) is 11.0. The van der Waals surface area contributed by atoms with Gasteiger partial charge in [-0.05, 0) is 51.4 Å². The number of aryl methyl sites for hydroxylation is 3. The zero-order chi connectivity index (χ0) is 14.0. The van der Waals surface area contributed by atoms with Gasteiger partial charge in [-0.15, -0.1) is 0 Å². The Morgan fingerprint density at radius 2 is 1.84 bits per heavy atom. The number of rotatable bonds is 4. The van der Waals surface area contributed by atoms with Gasteiger partial charge in [-0.2, -0.15) is 5.10 Å². The molecule has 102 valence electrons. The highest BCUT2D eigenvalue weighted by atomic mass is 15.3. The third kappa shape index (κ3) is 2.87. The lowest BCUT2D eigenvalue weighted by molar-refractivity contribution is 0.656. The van der Waals surface area contributed by atoms with Gasteiger partial charge in [0, 0.05) is 17.8 Å². The zero-order valence-electron chi connectivity index (χ0n) is 12.5. The maximum absolute atomic E-state index is 4.65. The highest BCUT2D eigenvalue weighted by molar-refractivity contribution is 5.31. The Labute approximate surface area is 115 Å². The van der Waals surface area contributed by atoms with E-state index in [4.69, 9.17) is 0 Å². The molecule has 0 unspecified atom stereocenters. The second-order valence-corrected chi connectivity index (χ2v) is 5.26. The van der Waals surface area contributed by atoms with E-state index in [2.05, 4.69) is 61.0 Å². The van der Waals surface area contributed by atoms with E-state index in [1.165, 1.54) is 27.9 Å². The predicted octanol–water partition coefficient (Wildman–Crippen LogP) is 2.88. The zero-order valence-corrected chi connectivity index (χ0v) is 12.5. The first-order valence-corrected chi connectivity index (χ1v) is 6.76. The van der Waals surface area contributed by atoms with Gasteiger partial charge in [-0.3, -0.25) is 4.68 Å². The van der Waals surface area contributed by atoms with Gasteiger partial charge in [0.2, 0.25) is 0 Å². The summed E-state index contributed by atoms with van der Waals surface area (Å²) in [5.74, 6) is 0. The van der Waals surface area contributed by atoms with Crippen molar-refractivity contribution in [1.82, 2.24) is 15.1 Å². The number of nitrogens with one attached hydrogen (secondary N) is 1. The molecule has 0 aliphatic carbocycles. The Morgan fingerprint density at radius 1 is 1.11 bits per heavy atom. The van der Waals surface area contributed by atoms with Crippen molar-refractivity contribution < 1.29 is 0 Å². The molecule has 0 saturated carbocycles. The summed E-state index contributed by atoms with van der Waals surface area (Å²) in [5.41, 5.74) is 7.68. The molecule has 3 heteroatoms. The Hall–Kier alpha value is -1.61. The quantitative estimate of drug-likeness (QED) is 0.912. The van der Waals surface area contributed by atoms with Crippen LogP contribution in [0.15, 0.2) is 18.2 Å². The molecule has 0 bridgehead atoms. The van der Waals surface area contributed by atoms with E-state index in [1.807, 2.05) is 7.05 Å². The van der Waals surface area contributed by atoms with Crippen LogP contribution >= 0.6 is 0 Å². The van der Waals surface area contributed by atoms with Crippen LogP contribution in [0, 0.1) is 27.7 Å². The monoisotopic (exact) mass is 257 g/mol. The van der Waals surface area contributed by atoms with Crippen molar-refractivity contribution in [1.29, 1.82) is 0 Å². The number of aromatic nitrogens is 2. The van der Waals surface area contributed by atoms with Gasteiger partial charge in [-0.1, -0.05) is 18.2 Å². The molecule has 2 aromatic rings. The fraction of sp³-hybridized carbons (Fsp3) is 0.438. The molecule has 0 aliphatic rings. The van der Waals surface area contributed by atoms with Crippen LogP contribution in [0.5, 0.6) is 0 Å². The molecule has 0 spiro atoms. The molecule has 1 N–H and O–H groups in total. The third-order valence-electron chi connectivity index (χ3n) is 3.79. The standard InChI is InChI=1S/C16H23N3/c1-11-6-7-15(8-12(11)2)10-19-14(4)16(9-17-5)13(3)18-19/h6-8,17H,9-10H2,1-5H3. The van der Waals surface area contributed by atoms with Crippen molar-refractivity contribution >= 4 is 0 Å². The van der Waals surface area contributed by atoms with Crippen LogP contribution in [0.4, 0.5) is 0 Å². The maximum Gasteiger partial charge on any atom is 0.0662 e. The first kappa shape index (κ1) is 13.8. The minimum atomic E-state index is 0.845. The van der Waals surface area contributed by atoms with E-state index >= 15 is 0 Å². The number of nitrogens with zero attached hydrogens (tertiary/aromatic N) is 2. The number of benzene rings is 1. The minimum absolute atomic E-state index is 0.845. The third-order valence-corrected chi connectivity index (χ3v) is 3.79. The van der Waals surface area contributed by atoms with Crippen LogP contribution in [0.3, 0.4) is 0 Å². The van der Waals surface area contributed by atoms with Crippen LogP contribution in [0.1, 0.15) is 33.6 Å². The summed E-state index contributed by atoms with van der Waals surface area (Å²) in [4.78, 5) is 0. The number of hydrogen-bond donors (Lipinski definition) is 1. The van der Waals surface area contributed by atoms with Gasteiger partial charge in [0.15, 0.2) is 0 Å². The molecule has 0 atom stereocenters. The van der Waals surface area contributed by atoms with Crippen molar-refractivity contribution in [2.45, 2.75) is 40.8 Å². The van der Waals surface area contributed by atoms with Gasteiger partial charge < -0.3 is 5.32 Å². The second-order valence-electron chi connectivity index (χ2n) is 5.26. The summed E-state index contributed by atoms with van der Waals surface area (Å²) in [6.45, 7) is 10.3. The molecule has 3 nitrogen and oxygen atoms in total. The summed E-state index contributed by atoms with van der Waals surface area (Å²) >= 11 is 0. The van der Waals surface area contributed by atoms with Crippen molar-refractivity contribution in [3.05, 3.63) is 51.8 Å². The Balaban J connectivity index is 2.28. The molecular weight excluding hydrogens is 234 g/mol. The molecule has 0 aliphatic heterocycles. The van der Waals surface area contributed by atoms with Crippen molar-refractivity contribution in [3.63, 3.8) is 0 Å². The van der Waals surface area contributed by atoms with Crippen LogP contribution in [0.25, 0.3) is 0 Å². The van der Waals surface area contributed by atoms with Gasteiger partial charge in [-0.25, -0.2) is 0 Å². The minimum Gasteiger partial charge on any atom is -0.316 e. The first-order chi connectivity index (χ1) is 9.02. The molecule has 0 fully saturated rings. The van der Waals surface area contributed by atoms with Crippen molar-refractivity contribution in [2.24, 2.45) is 0 Å². The van der Waals surface area contributed by atoms with E-state index in [0.717, 1.165) is 18.8 Å². The Bertz CT molecular complexity index is 582. The highest BCUT2D eigenvalue weighted by Crippen LogP contribution is 2.16. The molecule has 1 aromatic carbocycles. The van der Waals surface area contributed by atoms with Gasteiger partial charge in [0.25, 0.3) is 0 Å². The summed E-state index contributed by atoms with van der Waals surface area (Å²) in [6, 6.07) is 6.63. The molecule has 19 heavy (non-hydrogen) atoms. The van der Waals surface area contributed by atoms with Crippen molar-refractivity contribution in [3.8, 4) is 0 Å². The lowest BCUT2D eigenvalue weighted by atomic mass is 10.1. The summed E-state index contributed by atoms with van der Waals surface area (Å²) in [7, 11) is 1.97. The Kier molecular flexibility index (Phi) is 4.05. The van der Waals surface area contributed by atoms with Crippen LogP contribution in [-0.4, -0.2) is 16.8 Å². The molecule has 2 rings (SSSR count). The molecule has 0 radical (unpaired) electrons. The molecule has 0 amide bonds. The highest BCUT2D eigenvalue weighted by Gasteiger charge is 2.10. The average Bonchev–Trinajstić information content (AvgIpc) is 2.62. The molecular formula is C16H23N3. The Morgan fingerprint density at radius 3 is 2.47 bits per heavy atom. The molecule has 1 heterocycles. The van der Waals surface area contributed by atoms with Crippen LogP contribution in [0.2, 0.25) is 0 Å². The fourth-order valence-electron chi connectivity index (χ4n) is 2.40. The first-order valence-electron chi connectivity index (χ1n) is 6.76. The second kappa shape index (κ2) is 5.57. The van der Waals surface area contributed by atoms with E-state index in [-0.39, 0.29) is 0 Å². The SMILES string of the molecule is CNCc1c(C)nn(Cc2ccc(C)c(C)c2)c1C. The fourth-order valence-corrected chi connectivity index (χ4v) is 2.40. The predicted molar refractivity (Wildman–Crippen MR) is 79.5 cm³/mol. The molecule has 1 aromatic heterocycles. The summed E-state index contributed by atoms with van der Waals surface area (Å²) in [6.07, 6.45) is 0. The smallest absolute Gasteiger partial charge is 0.0662 e. The topological polar surface area (TPSA) is 29.9 Å². The van der Waals surface area contributed by atoms with Gasteiger partial charge >= 0.3 is 0 Å². The van der Waals surface area contributed by atoms with Crippen LogP contribution < -0.4 is 5.32 Å². The van der Waals surface area contributed by atoms with Gasteiger partial charge in [0.1, 0.15) is 0 Å². The average molecular weight is 257 g/mol. The van der Waals surface area contributed by atoms with Crippen LogP contribution in [-0.2, 0) is 13.1 Å². The summed E-state index contributed by atoms with van der Waals surface area (Å²) < 4.78 is 2.10. The largest absolute Gasteiger partial charge is 0.316 e. The van der Waals surface area contributed by atoms with Gasteiger partial charge in [0.05, 0.1) is 12.2 Å². The maximum atomic E-state index is 4.65. The van der Waals surface area contributed by atoms with E-state index in [9.17, 15) is 0 Å². The summed E-state index contributed by atoms with van der Waals surface area (Å²) in [5, 5.41) is 7.86.